The van der Waals surface area contributed by atoms with Gasteiger partial charge < -0.3 is 25.8 Å². The van der Waals surface area contributed by atoms with Gasteiger partial charge in [0, 0.05) is 27.2 Å². The summed E-state index contributed by atoms with van der Waals surface area (Å²) in [6.07, 6.45) is 0.848. The number of guanidine groups is 1. The molecule has 0 aliphatic carbocycles. The summed E-state index contributed by atoms with van der Waals surface area (Å²) in [6.45, 7) is 1.99. The van der Waals surface area contributed by atoms with Crippen molar-refractivity contribution in [3.63, 3.8) is 0 Å². The number of benzene rings is 1. The highest BCUT2D eigenvalue weighted by atomic mass is 127. The lowest BCUT2D eigenvalue weighted by Crippen LogP contribution is -2.39. The minimum Gasteiger partial charge on any atom is -0.484 e. The van der Waals surface area contributed by atoms with E-state index in [-0.39, 0.29) is 30.6 Å². The molecule has 0 radical (unpaired) electrons. The molecule has 8 heteroatoms. The molecule has 23 heavy (non-hydrogen) atoms. The molecule has 0 aliphatic heterocycles. The Balaban J connectivity index is 0.00000484. The lowest BCUT2D eigenvalue weighted by molar-refractivity contribution is -0.119. The first-order valence-electron chi connectivity index (χ1n) is 7.09. The molecule has 0 aliphatic rings. The van der Waals surface area contributed by atoms with E-state index in [1.54, 1.807) is 14.2 Å². The SMILES string of the molecule is CN=C(NCCOC)NCCc1ccc(OCC(N)=O)cc1.I. The van der Waals surface area contributed by atoms with Crippen molar-refractivity contribution < 1.29 is 14.3 Å². The number of hydrogen-bond acceptors (Lipinski definition) is 4. The molecule has 0 unspecified atom stereocenters. The number of halogens is 1. The molecule has 0 heterocycles. The fraction of sp³-hybridized carbons (Fsp3) is 0.467. The van der Waals surface area contributed by atoms with Crippen LogP contribution in [-0.2, 0) is 16.0 Å². The molecule has 0 spiro atoms. The highest BCUT2D eigenvalue weighted by Crippen LogP contribution is 2.12. The summed E-state index contributed by atoms with van der Waals surface area (Å²) in [5.41, 5.74) is 6.18. The molecule has 0 aromatic heterocycles. The Labute approximate surface area is 154 Å². The van der Waals surface area contributed by atoms with Crippen LogP contribution in [0.25, 0.3) is 0 Å². The number of amides is 1. The number of rotatable bonds is 9. The summed E-state index contributed by atoms with van der Waals surface area (Å²) >= 11 is 0. The first-order chi connectivity index (χ1) is 10.7. The number of ether oxygens (including phenoxy) is 2. The zero-order valence-corrected chi connectivity index (χ0v) is 15.8. The van der Waals surface area contributed by atoms with E-state index in [2.05, 4.69) is 15.6 Å². The summed E-state index contributed by atoms with van der Waals surface area (Å²) in [4.78, 5) is 14.8. The molecule has 1 aromatic rings. The summed E-state index contributed by atoms with van der Waals surface area (Å²) < 4.78 is 10.2. The van der Waals surface area contributed by atoms with Crippen LogP contribution in [0, 0.1) is 0 Å². The molecule has 0 saturated carbocycles. The Morgan fingerprint density at radius 3 is 2.43 bits per heavy atom. The number of carbonyl (C=O) groups is 1. The fourth-order valence-corrected chi connectivity index (χ4v) is 1.72. The molecule has 1 aromatic carbocycles. The lowest BCUT2D eigenvalue weighted by atomic mass is 10.1. The Bertz CT molecular complexity index is 480. The average molecular weight is 436 g/mol. The summed E-state index contributed by atoms with van der Waals surface area (Å²) in [5.74, 6) is 0.895. The molecule has 0 bridgehead atoms. The monoisotopic (exact) mass is 436 g/mol. The number of carbonyl (C=O) groups excluding carboxylic acids is 1. The molecule has 0 saturated heterocycles. The van der Waals surface area contributed by atoms with Crippen molar-refractivity contribution in [1.29, 1.82) is 0 Å². The third-order valence-corrected chi connectivity index (χ3v) is 2.83. The van der Waals surface area contributed by atoms with Gasteiger partial charge in [-0.25, -0.2) is 0 Å². The maximum atomic E-state index is 10.6. The Morgan fingerprint density at radius 2 is 1.87 bits per heavy atom. The minimum absolute atomic E-state index is 0. The van der Waals surface area contributed by atoms with Crippen LogP contribution in [0.15, 0.2) is 29.3 Å². The van der Waals surface area contributed by atoms with E-state index in [4.69, 9.17) is 15.2 Å². The van der Waals surface area contributed by atoms with Gasteiger partial charge in [-0.15, -0.1) is 24.0 Å². The largest absolute Gasteiger partial charge is 0.484 e. The second kappa shape index (κ2) is 12.9. The van der Waals surface area contributed by atoms with Gasteiger partial charge in [-0.05, 0) is 24.1 Å². The van der Waals surface area contributed by atoms with Crippen LogP contribution in [0.2, 0.25) is 0 Å². The second-order valence-corrected chi connectivity index (χ2v) is 4.57. The predicted octanol–water partition coefficient (Wildman–Crippen LogP) is 0.523. The number of aliphatic imine (C=N–C) groups is 1. The zero-order valence-electron chi connectivity index (χ0n) is 13.5. The van der Waals surface area contributed by atoms with E-state index in [1.165, 1.54) is 0 Å². The second-order valence-electron chi connectivity index (χ2n) is 4.57. The van der Waals surface area contributed by atoms with Gasteiger partial charge in [-0.1, -0.05) is 12.1 Å². The number of nitrogens with two attached hydrogens (primary N) is 1. The normalized spacial score (nSPS) is 10.6. The van der Waals surface area contributed by atoms with Crippen LogP contribution in [-0.4, -0.2) is 52.3 Å². The van der Waals surface area contributed by atoms with Gasteiger partial charge in [-0.3, -0.25) is 9.79 Å². The smallest absolute Gasteiger partial charge is 0.255 e. The molecule has 4 N–H and O–H groups in total. The Hall–Kier alpha value is -1.55. The predicted molar refractivity (Wildman–Crippen MR) is 101 cm³/mol. The first-order valence-corrected chi connectivity index (χ1v) is 7.09. The molecule has 130 valence electrons. The minimum atomic E-state index is -0.486. The summed E-state index contributed by atoms with van der Waals surface area (Å²) in [6, 6.07) is 7.56. The van der Waals surface area contributed by atoms with Crippen molar-refractivity contribution in [2.75, 3.05) is 40.5 Å². The van der Waals surface area contributed by atoms with Gasteiger partial charge in [0.2, 0.25) is 0 Å². The molecule has 0 atom stereocenters. The van der Waals surface area contributed by atoms with Crippen LogP contribution in [0.3, 0.4) is 0 Å². The zero-order chi connectivity index (χ0) is 16.2. The number of methoxy groups -OCH3 is 1. The van der Waals surface area contributed by atoms with E-state index < -0.39 is 5.91 Å². The third-order valence-electron chi connectivity index (χ3n) is 2.83. The van der Waals surface area contributed by atoms with Crippen molar-refractivity contribution in [2.45, 2.75) is 6.42 Å². The number of primary amides is 1. The van der Waals surface area contributed by atoms with Gasteiger partial charge >= 0.3 is 0 Å². The summed E-state index contributed by atoms with van der Waals surface area (Å²) in [7, 11) is 3.39. The van der Waals surface area contributed by atoms with Gasteiger partial charge in [0.05, 0.1) is 6.61 Å². The maximum absolute atomic E-state index is 10.6. The van der Waals surface area contributed by atoms with Crippen LogP contribution in [0.4, 0.5) is 0 Å². The summed E-state index contributed by atoms with van der Waals surface area (Å²) in [5, 5.41) is 6.37. The molecule has 1 rings (SSSR count). The van der Waals surface area contributed by atoms with Crippen LogP contribution >= 0.6 is 24.0 Å². The van der Waals surface area contributed by atoms with Gasteiger partial charge in [0.1, 0.15) is 5.75 Å². The topological polar surface area (TPSA) is 98.0 Å². The van der Waals surface area contributed by atoms with Crippen molar-refractivity contribution in [2.24, 2.45) is 10.7 Å². The molecule has 0 fully saturated rings. The number of nitrogens with zero attached hydrogens (tertiary/aromatic N) is 1. The van der Waals surface area contributed by atoms with Crippen LogP contribution in [0.1, 0.15) is 5.56 Å². The average Bonchev–Trinajstić information content (AvgIpc) is 2.52. The van der Waals surface area contributed by atoms with Gasteiger partial charge in [0.25, 0.3) is 5.91 Å². The molecular formula is C15H25IN4O3. The Morgan fingerprint density at radius 1 is 1.22 bits per heavy atom. The number of hydrogen-bond donors (Lipinski definition) is 3. The highest BCUT2D eigenvalue weighted by molar-refractivity contribution is 14.0. The fourth-order valence-electron chi connectivity index (χ4n) is 1.72. The highest BCUT2D eigenvalue weighted by Gasteiger charge is 2.00. The van der Waals surface area contributed by atoms with Crippen LogP contribution in [0.5, 0.6) is 5.75 Å². The van der Waals surface area contributed by atoms with Crippen molar-refractivity contribution in [1.82, 2.24) is 10.6 Å². The van der Waals surface area contributed by atoms with E-state index >= 15 is 0 Å². The third kappa shape index (κ3) is 9.95. The van der Waals surface area contributed by atoms with Gasteiger partial charge in [0.15, 0.2) is 12.6 Å². The lowest BCUT2D eigenvalue weighted by Gasteiger charge is -2.11. The van der Waals surface area contributed by atoms with E-state index in [1.807, 2.05) is 24.3 Å². The standard InChI is InChI=1S/C15H24N4O3.HI/c1-17-15(19-9-10-21-2)18-8-7-12-3-5-13(6-4-12)22-11-14(16)20;/h3-6H,7-11H2,1-2H3,(H2,16,20)(H2,17,18,19);1H. The van der Waals surface area contributed by atoms with Crippen molar-refractivity contribution >= 4 is 35.8 Å². The molecule has 7 nitrogen and oxygen atoms in total. The number of nitrogens with one attached hydrogen (secondary N) is 2. The van der Waals surface area contributed by atoms with Crippen molar-refractivity contribution in [3.05, 3.63) is 29.8 Å². The van der Waals surface area contributed by atoms with Gasteiger partial charge in [-0.2, -0.15) is 0 Å². The van der Waals surface area contributed by atoms with Crippen molar-refractivity contribution in [3.8, 4) is 5.75 Å². The molecular weight excluding hydrogens is 411 g/mol. The Kier molecular flexibility index (Phi) is 12.1. The molecule has 1 amide bonds. The van der Waals surface area contributed by atoms with E-state index in [9.17, 15) is 4.79 Å². The quantitative estimate of drug-likeness (QED) is 0.227. The maximum Gasteiger partial charge on any atom is 0.255 e. The van der Waals surface area contributed by atoms with E-state index in [0.717, 1.165) is 24.5 Å². The van der Waals surface area contributed by atoms with E-state index in [0.29, 0.717) is 18.9 Å². The first kappa shape index (κ1) is 21.4. The van der Waals surface area contributed by atoms with Crippen LogP contribution < -0.4 is 21.1 Å².